The topological polar surface area (TPSA) is 116 Å². The average molecular weight is 1740 g/mol. The van der Waals surface area contributed by atoms with Crippen molar-refractivity contribution in [3.8, 4) is 146 Å². The maximum Gasteiger partial charge on any atom is 0.161 e. The van der Waals surface area contributed by atoms with Crippen LogP contribution >= 0.6 is 0 Å². The maximum absolute atomic E-state index is 5.29. The lowest BCUT2D eigenvalue weighted by Gasteiger charge is -2.14. The van der Waals surface area contributed by atoms with E-state index in [4.69, 9.17) is 29.9 Å². The van der Waals surface area contributed by atoms with Crippen LogP contribution < -0.4 is 0 Å². The third-order valence-electron chi connectivity index (χ3n) is 25.1. The molecule has 0 saturated heterocycles. The Morgan fingerprint density at radius 3 is 1.15 bits per heavy atom. The van der Waals surface area contributed by atoms with Gasteiger partial charge in [-0.3, -0.25) is 15.0 Å². The van der Waals surface area contributed by atoms with Crippen molar-refractivity contribution in [2.45, 2.75) is 0 Å². The molecule has 24 aromatic rings. The fraction of sp³-hybridized carbons (Fsp3) is 0. The van der Waals surface area contributed by atoms with Gasteiger partial charge in [-0.05, 0) is 205 Å². The van der Waals surface area contributed by atoms with Gasteiger partial charge in [-0.25, -0.2) is 29.9 Å². The first-order chi connectivity index (χ1) is 67.3. The minimum absolute atomic E-state index is 0.675. The van der Waals surface area contributed by atoms with Crippen molar-refractivity contribution in [1.29, 1.82) is 0 Å². The molecule has 0 radical (unpaired) electrons. The fourth-order valence-electron chi connectivity index (χ4n) is 18.2. The molecule has 0 atom stereocenters. The number of hydrogen-bond acceptors (Lipinski definition) is 9. The summed E-state index contributed by atoms with van der Waals surface area (Å²) in [5.74, 6) is 2.09. The van der Waals surface area contributed by atoms with Crippen molar-refractivity contribution in [2.24, 2.45) is 0 Å². The summed E-state index contributed by atoms with van der Waals surface area (Å²) in [5.41, 5.74) is 27.9. The summed E-state index contributed by atoms with van der Waals surface area (Å²) < 4.78 is 0. The van der Waals surface area contributed by atoms with Crippen LogP contribution in [0.25, 0.3) is 233 Å². The van der Waals surface area contributed by atoms with Crippen molar-refractivity contribution in [3.63, 3.8) is 0 Å². The molecule has 0 aliphatic carbocycles. The van der Waals surface area contributed by atoms with E-state index in [1.54, 1.807) is 12.4 Å². The van der Waals surface area contributed by atoms with Gasteiger partial charge in [0.15, 0.2) is 17.5 Å². The molecule has 638 valence electrons. The molecule has 0 saturated carbocycles. The third kappa shape index (κ3) is 17.6. The van der Waals surface area contributed by atoms with Crippen LogP contribution in [0.15, 0.2) is 505 Å². The van der Waals surface area contributed by atoms with Gasteiger partial charge in [0, 0.05) is 92.0 Å². The second kappa shape index (κ2) is 38.0. The fourth-order valence-corrected chi connectivity index (χ4v) is 18.2. The van der Waals surface area contributed by atoms with Crippen molar-refractivity contribution in [3.05, 3.63) is 516 Å². The number of rotatable bonds is 17. The van der Waals surface area contributed by atoms with Crippen LogP contribution in [0.5, 0.6) is 0 Å². The highest BCUT2D eigenvalue weighted by molar-refractivity contribution is 6.26. The van der Waals surface area contributed by atoms with Gasteiger partial charge in [-0.1, -0.05) is 395 Å². The SMILES string of the molecule is C=C/C(=C\C=C\c1cc(-c2cccc(-c3cccnc3)c2)nc(-c2ccc3c4ccccc4c4ccccc4c3c2)n1)c1ccccc1.c1ccc(-c2ccc(-c3cc(-c4cccc(-c5ccc6ncccc6c5)c4)nc(-c4cc5ccccc5c5ccccc45)n3)cc2)cc1.c1ccc(-c2ccc(-c3cc(-c4cccc(-c5cccnc5)c4)nc(-c4cccc5ccccc45)n3)cc2)cc1. The van der Waals surface area contributed by atoms with Gasteiger partial charge < -0.3 is 0 Å². The van der Waals surface area contributed by atoms with Gasteiger partial charge in [0.25, 0.3) is 0 Å². The van der Waals surface area contributed by atoms with E-state index in [9.17, 15) is 0 Å². The van der Waals surface area contributed by atoms with Crippen LogP contribution in [0.3, 0.4) is 0 Å². The lowest BCUT2D eigenvalue weighted by Crippen LogP contribution is -1.97. The Labute approximate surface area is 788 Å². The van der Waals surface area contributed by atoms with Gasteiger partial charge >= 0.3 is 0 Å². The molecule has 136 heavy (non-hydrogen) atoms. The van der Waals surface area contributed by atoms with Crippen molar-refractivity contribution < 1.29 is 0 Å². The van der Waals surface area contributed by atoms with Gasteiger partial charge in [-0.15, -0.1) is 0 Å². The van der Waals surface area contributed by atoms with Crippen LogP contribution in [0, 0.1) is 0 Å². The smallest absolute Gasteiger partial charge is 0.161 e. The zero-order chi connectivity index (χ0) is 90.9. The number of allylic oxidation sites excluding steroid dienone is 4. The molecule has 6 aromatic heterocycles. The monoisotopic (exact) mass is 1740 g/mol. The maximum atomic E-state index is 5.29. The summed E-state index contributed by atoms with van der Waals surface area (Å²) in [6.07, 6.45) is 17.2. The quantitative estimate of drug-likeness (QED) is 0.0649. The zero-order valence-corrected chi connectivity index (χ0v) is 74.2. The van der Waals surface area contributed by atoms with E-state index in [2.05, 4.69) is 428 Å². The summed E-state index contributed by atoms with van der Waals surface area (Å²) in [7, 11) is 0. The highest BCUT2D eigenvalue weighted by Gasteiger charge is 2.21. The molecule has 0 bridgehead atoms. The van der Waals surface area contributed by atoms with Gasteiger partial charge in [0.1, 0.15) is 0 Å². The lowest BCUT2D eigenvalue weighted by molar-refractivity contribution is 1.16. The highest BCUT2D eigenvalue weighted by atomic mass is 14.9. The molecule has 0 spiro atoms. The molecular weight excluding hydrogens is 1650 g/mol. The number of hydrogen-bond donors (Lipinski definition) is 0. The largest absolute Gasteiger partial charge is 0.264 e. The highest BCUT2D eigenvalue weighted by Crippen LogP contribution is 2.42. The van der Waals surface area contributed by atoms with Crippen LogP contribution in [0.4, 0.5) is 0 Å². The number of nitrogens with zero attached hydrogens (tertiary/aromatic N) is 9. The van der Waals surface area contributed by atoms with E-state index in [1.165, 1.54) is 76.1 Å². The molecule has 0 N–H and O–H groups in total. The summed E-state index contributed by atoms with van der Waals surface area (Å²) in [5, 5.41) is 15.5. The Morgan fingerprint density at radius 2 is 0.596 bits per heavy atom. The zero-order valence-electron chi connectivity index (χ0n) is 74.2. The summed E-state index contributed by atoms with van der Waals surface area (Å²) in [6.45, 7) is 4.04. The normalized spacial score (nSPS) is 11.4. The summed E-state index contributed by atoms with van der Waals surface area (Å²) in [4.78, 5) is 44.2. The minimum atomic E-state index is 0.675. The Hall–Kier alpha value is -18.3. The van der Waals surface area contributed by atoms with Crippen LogP contribution in [0.2, 0.25) is 0 Å². The third-order valence-corrected chi connectivity index (χ3v) is 25.1. The van der Waals surface area contributed by atoms with E-state index in [1.807, 2.05) is 85.3 Å². The minimum Gasteiger partial charge on any atom is -0.264 e. The standard InChI is InChI=1S/C45H29N3.C45H31N3.C37H25N3/c1-2-10-30(11-3-1)31-19-21-32(22-20-31)43-29-44(37-14-8-13-33(26-37)34-23-24-42-36(27-34)15-9-25-46-42)48-45(47-43)41-28-35-12-4-5-16-38(35)39-17-6-7-18-40(39)41;1-2-31(32-13-4-3-5-14-32)15-11-19-37-29-44(34-17-10-16-33(27-34)36-18-12-26-46-30-36)48-45(47-37)35-24-25-42-40-22-7-6-20-38(40)39-21-8-9-23-41(39)43(42)28-35;1-2-9-26(10-3-1)27-18-20-29(21-19-27)35-24-36(31-14-6-13-30(23-31)32-15-8-22-38-25-32)40-37(39-35)34-17-7-12-28-11-4-5-16-33(28)34/h1-29H;2-30H,1H2;1-25H/b;19-11+,31-15+;. The number of aromatic nitrogens is 9. The molecule has 0 fully saturated rings. The number of pyridine rings is 3. The van der Waals surface area contributed by atoms with E-state index in [-0.39, 0.29) is 0 Å². The molecule has 0 aliphatic rings. The van der Waals surface area contributed by atoms with Gasteiger partial charge in [-0.2, -0.15) is 0 Å². The predicted molar refractivity (Wildman–Crippen MR) is 566 cm³/mol. The van der Waals surface area contributed by atoms with E-state index in [0.717, 1.165) is 145 Å². The van der Waals surface area contributed by atoms with Gasteiger partial charge in [0.2, 0.25) is 0 Å². The molecule has 0 aliphatic heterocycles. The molecule has 0 unspecified atom stereocenters. The van der Waals surface area contributed by atoms with E-state index in [0.29, 0.717) is 17.5 Å². The second-order valence-corrected chi connectivity index (χ2v) is 33.6. The van der Waals surface area contributed by atoms with Crippen molar-refractivity contribution in [1.82, 2.24) is 44.9 Å². The van der Waals surface area contributed by atoms with Crippen LogP contribution in [-0.4, -0.2) is 44.9 Å². The number of fused-ring (bicyclic) bond motifs is 11. The first kappa shape index (κ1) is 83.3. The summed E-state index contributed by atoms with van der Waals surface area (Å²) in [6, 6.07) is 157. The predicted octanol–water partition coefficient (Wildman–Crippen LogP) is 32.6. The molecule has 24 rings (SSSR count). The molecule has 9 heteroatoms. The van der Waals surface area contributed by atoms with Crippen molar-refractivity contribution in [2.75, 3.05) is 0 Å². The number of benzene rings is 18. The molecule has 18 aromatic carbocycles. The van der Waals surface area contributed by atoms with E-state index < -0.39 is 0 Å². The van der Waals surface area contributed by atoms with E-state index >= 15 is 0 Å². The molecule has 6 heterocycles. The Balaban J connectivity index is 0.000000119. The van der Waals surface area contributed by atoms with Gasteiger partial charge in [0.05, 0.1) is 39.7 Å². The first-order valence-corrected chi connectivity index (χ1v) is 45.6. The summed E-state index contributed by atoms with van der Waals surface area (Å²) >= 11 is 0. The van der Waals surface area contributed by atoms with Crippen LogP contribution in [-0.2, 0) is 0 Å². The Kier molecular flexibility index (Phi) is 23.3. The molecule has 9 nitrogen and oxygen atoms in total. The van der Waals surface area contributed by atoms with Crippen molar-refractivity contribution >= 4 is 87.2 Å². The molecule has 0 amide bonds. The Morgan fingerprint density at radius 1 is 0.213 bits per heavy atom. The Bertz CT molecular complexity index is 8610. The first-order valence-electron chi connectivity index (χ1n) is 45.6. The average Bonchev–Trinajstić information content (AvgIpc) is 0.742. The second-order valence-electron chi connectivity index (χ2n) is 33.6. The van der Waals surface area contributed by atoms with Crippen LogP contribution in [0.1, 0.15) is 11.3 Å². The molecular formula is C127H85N9. The lowest BCUT2D eigenvalue weighted by atomic mass is 9.93.